The van der Waals surface area contributed by atoms with Crippen molar-refractivity contribution in [1.82, 2.24) is 5.32 Å². The first-order valence-corrected chi connectivity index (χ1v) is 5.02. The van der Waals surface area contributed by atoms with Gasteiger partial charge in [0.15, 0.2) is 0 Å². The van der Waals surface area contributed by atoms with Crippen LogP contribution in [0.5, 0.6) is 0 Å². The minimum absolute atomic E-state index is 0.488. The summed E-state index contributed by atoms with van der Waals surface area (Å²) in [6.07, 6.45) is 4.34. The van der Waals surface area contributed by atoms with Crippen LogP contribution >= 0.6 is 0 Å². The third kappa shape index (κ3) is 1.64. The monoisotopic (exact) mass is 169 g/mol. The average molecular weight is 169 g/mol. The number of hydrogen-bond acceptors (Lipinski definition) is 2. The molecule has 0 spiro atoms. The third-order valence-corrected chi connectivity index (χ3v) is 3.18. The summed E-state index contributed by atoms with van der Waals surface area (Å²) in [7, 11) is 0. The van der Waals surface area contributed by atoms with Crippen LogP contribution in [0.1, 0.15) is 33.1 Å². The van der Waals surface area contributed by atoms with Gasteiger partial charge in [0.25, 0.3) is 0 Å². The second-order valence-corrected chi connectivity index (χ2v) is 4.88. The maximum Gasteiger partial charge on any atom is 0.0733 e. The van der Waals surface area contributed by atoms with Crippen LogP contribution < -0.4 is 5.32 Å². The molecule has 1 N–H and O–H groups in total. The van der Waals surface area contributed by atoms with Gasteiger partial charge in [-0.1, -0.05) is 13.8 Å². The van der Waals surface area contributed by atoms with E-state index in [4.69, 9.17) is 4.74 Å². The van der Waals surface area contributed by atoms with Crippen LogP contribution in [0.3, 0.4) is 0 Å². The normalized spacial score (nSPS) is 40.5. The molecule has 2 fully saturated rings. The molecule has 0 aromatic rings. The fourth-order valence-corrected chi connectivity index (χ4v) is 2.38. The van der Waals surface area contributed by atoms with Gasteiger partial charge in [-0.15, -0.1) is 0 Å². The standard InChI is InChI=1S/C10H19NO/c1-10(2)4-3-8-9(7-10)12-6-5-11-8/h8-9,11H,3-7H2,1-2H3/t8-,9+/m0/s1. The van der Waals surface area contributed by atoms with Crippen molar-refractivity contribution in [2.24, 2.45) is 5.41 Å². The summed E-state index contributed by atoms with van der Waals surface area (Å²) in [6.45, 7) is 6.64. The van der Waals surface area contributed by atoms with Gasteiger partial charge in [0, 0.05) is 12.6 Å². The van der Waals surface area contributed by atoms with E-state index in [1.165, 1.54) is 19.3 Å². The predicted molar refractivity (Wildman–Crippen MR) is 49.2 cm³/mol. The van der Waals surface area contributed by atoms with Crippen molar-refractivity contribution >= 4 is 0 Å². The molecule has 1 aliphatic heterocycles. The fourth-order valence-electron chi connectivity index (χ4n) is 2.38. The highest BCUT2D eigenvalue weighted by Gasteiger charge is 2.36. The highest BCUT2D eigenvalue weighted by Crippen LogP contribution is 2.37. The largest absolute Gasteiger partial charge is 0.375 e. The van der Waals surface area contributed by atoms with Gasteiger partial charge in [-0.05, 0) is 24.7 Å². The first-order chi connectivity index (χ1) is 5.67. The van der Waals surface area contributed by atoms with E-state index in [1.54, 1.807) is 0 Å². The van der Waals surface area contributed by atoms with E-state index in [1.807, 2.05) is 0 Å². The fraction of sp³-hybridized carbons (Fsp3) is 1.00. The van der Waals surface area contributed by atoms with E-state index >= 15 is 0 Å². The molecule has 2 aliphatic rings. The summed E-state index contributed by atoms with van der Waals surface area (Å²) in [5.41, 5.74) is 0.500. The van der Waals surface area contributed by atoms with Gasteiger partial charge in [0.2, 0.25) is 0 Å². The van der Waals surface area contributed by atoms with Crippen molar-refractivity contribution < 1.29 is 4.74 Å². The van der Waals surface area contributed by atoms with Crippen molar-refractivity contribution in [1.29, 1.82) is 0 Å². The predicted octanol–water partition coefficient (Wildman–Crippen LogP) is 1.55. The molecule has 2 atom stereocenters. The van der Waals surface area contributed by atoms with Crippen LogP contribution in [0.4, 0.5) is 0 Å². The van der Waals surface area contributed by atoms with Crippen molar-refractivity contribution in [2.45, 2.75) is 45.3 Å². The summed E-state index contributed by atoms with van der Waals surface area (Å²) < 4.78 is 5.75. The number of hydrogen-bond donors (Lipinski definition) is 1. The van der Waals surface area contributed by atoms with Gasteiger partial charge < -0.3 is 10.1 Å². The second-order valence-electron chi connectivity index (χ2n) is 4.88. The molecule has 0 aromatic carbocycles. The van der Waals surface area contributed by atoms with Crippen molar-refractivity contribution in [2.75, 3.05) is 13.2 Å². The number of rotatable bonds is 0. The molecule has 0 radical (unpaired) electrons. The maximum atomic E-state index is 5.75. The molecule has 0 amide bonds. The zero-order valence-corrected chi connectivity index (χ0v) is 8.10. The van der Waals surface area contributed by atoms with E-state index in [2.05, 4.69) is 19.2 Å². The van der Waals surface area contributed by atoms with E-state index in [0.29, 0.717) is 17.6 Å². The van der Waals surface area contributed by atoms with Crippen molar-refractivity contribution in [3.05, 3.63) is 0 Å². The van der Waals surface area contributed by atoms with Crippen LogP contribution in [-0.4, -0.2) is 25.3 Å². The Labute approximate surface area is 74.7 Å². The molecule has 2 heteroatoms. The van der Waals surface area contributed by atoms with Crippen LogP contribution in [-0.2, 0) is 4.74 Å². The van der Waals surface area contributed by atoms with Gasteiger partial charge in [-0.25, -0.2) is 0 Å². The van der Waals surface area contributed by atoms with Crippen LogP contribution in [0.25, 0.3) is 0 Å². The molecular weight excluding hydrogens is 150 g/mol. The molecule has 1 saturated heterocycles. The molecule has 1 aliphatic carbocycles. The maximum absolute atomic E-state index is 5.75. The molecule has 0 bridgehead atoms. The Kier molecular flexibility index (Phi) is 2.13. The van der Waals surface area contributed by atoms with E-state index < -0.39 is 0 Å². The van der Waals surface area contributed by atoms with Gasteiger partial charge >= 0.3 is 0 Å². The first kappa shape index (κ1) is 8.52. The Morgan fingerprint density at radius 3 is 3.08 bits per heavy atom. The molecule has 2 rings (SSSR count). The second kappa shape index (κ2) is 3.00. The molecule has 2 nitrogen and oxygen atoms in total. The molecular formula is C10H19NO. The summed E-state index contributed by atoms with van der Waals surface area (Å²) in [4.78, 5) is 0. The SMILES string of the molecule is CC1(C)CC[C@@H]2NCCO[C@@H]2C1. The Bertz CT molecular complexity index is 167. The summed E-state index contributed by atoms with van der Waals surface area (Å²) in [6, 6.07) is 0.645. The lowest BCUT2D eigenvalue weighted by Crippen LogP contribution is -2.52. The van der Waals surface area contributed by atoms with Gasteiger partial charge in [0.1, 0.15) is 0 Å². The quantitative estimate of drug-likeness (QED) is 0.594. The summed E-state index contributed by atoms with van der Waals surface area (Å²) in [5.74, 6) is 0. The van der Waals surface area contributed by atoms with Gasteiger partial charge in [0.05, 0.1) is 12.7 Å². The highest BCUT2D eigenvalue weighted by molar-refractivity contribution is 4.91. The number of ether oxygens (including phenoxy) is 1. The smallest absolute Gasteiger partial charge is 0.0733 e. The molecule has 1 heterocycles. The average Bonchev–Trinajstić information content (AvgIpc) is 2.02. The summed E-state index contributed by atoms with van der Waals surface area (Å²) >= 11 is 0. The Hall–Kier alpha value is -0.0800. The van der Waals surface area contributed by atoms with Crippen LogP contribution in [0.15, 0.2) is 0 Å². The van der Waals surface area contributed by atoms with E-state index in [-0.39, 0.29) is 0 Å². The van der Waals surface area contributed by atoms with Crippen LogP contribution in [0.2, 0.25) is 0 Å². The first-order valence-electron chi connectivity index (χ1n) is 5.02. The lowest BCUT2D eigenvalue weighted by Gasteiger charge is -2.43. The Balaban J connectivity index is 1.99. The van der Waals surface area contributed by atoms with E-state index in [9.17, 15) is 0 Å². The Morgan fingerprint density at radius 1 is 1.42 bits per heavy atom. The minimum atomic E-state index is 0.488. The topological polar surface area (TPSA) is 21.3 Å². The number of fused-ring (bicyclic) bond motifs is 1. The zero-order valence-electron chi connectivity index (χ0n) is 8.10. The van der Waals surface area contributed by atoms with Crippen molar-refractivity contribution in [3.63, 3.8) is 0 Å². The van der Waals surface area contributed by atoms with Crippen LogP contribution in [0, 0.1) is 5.41 Å². The van der Waals surface area contributed by atoms with E-state index in [0.717, 1.165) is 13.2 Å². The molecule has 1 saturated carbocycles. The molecule has 0 aromatic heterocycles. The van der Waals surface area contributed by atoms with Gasteiger partial charge in [-0.2, -0.15) is 0 Å². The third-order valence-electron chi connectivity index (χ3n) is 3.18. The lowest BCUT2D eigenvalue weighted by molar-refractivity contribution is -0.0530. The molecule has 12 heavy (non-hydrogen) atoms. The lowest BCUT2D eigenvalue weighted by atomic mass is 9.73. The zero-order chi connectivity index (χ0) is 8.60. The summed E-state index contributed by atoms with van der Waals surface area (Å²) in [5, 5.41) is 3.53. The van der Waals surface area contributed by atoms with Gasteiger partial charge in [-0.3, -0.25) is 0 Å². The molecule has 0 unspecified atom stereocenters. The highest BCUT2D eigenvalue weighted by atomic mass is 16.5. The molecule has 70 valence electrons. The van der Waals surface area contributed by atoms with Crippen molar-refractivity contribution in [3.8, 4) is 0 Å². The number of nitrogens with one attached hydrogen (secondary N) is 1. The minimum Gasteiger partial charge on any atom is -0.375 e. The number of morpholine rings is 1. The Morgan fingerprint density at radius 2 is 2.25 bits per heavy atom.